The number of rotatable bonds is 4. The number of carbonyl (C=O) groups excluding carboxylic acids is 1. The van der Waals surface area contributed by atoms with E-state index in [1.54, 1.807) is 0 Å². The fourth-order valence-electron chi connectivity index (χ4n) is 2.95. The van der Waals surface area contributed by atoms with Gasteiger partial charge in [0.15, 0.2) is 0 Å². The number of ether oxygens (including phenoxy) is 1. The molecule has 0 bridgehead atoms. The van der Waals surface area contributed by atoms with Crippen molar-refractivity contribution in [1.82, 2.24) is 15.1 Å². The van der Waals surface area contributed by atoms with Crippen LogP contribution in [0.25, 0.3) is 0 Å². The third kappa shape index (κ3) is 4.72. The van der Waals surface area contributed by atoms with Gasteiger partial charge in [0.1, 0.15) is 0 Å². The molecule has 0 radical (unpaired) electrons. The number of hydrogen-bond acceptors (Lipinski definition) is 4. The van der Waals surface area contributed by atoms with Crippen molar-refractivity contribution < 1.29 is 9.53 Å². The first-order chi connectivity index (χ1) is 9.66. The highest BCUT2D eigenvalue weighted by Gasteiger charge is 2.23. The molecule has 2 atom stereocenters. The Bertz CT molecular complexity index is 303. The number of amides is 1. The van der Waals surface area contributed by atoms with Gasteiger partial charge in [-0.05, 0) is 26.8 Å². The van der Waals surface area contributed by atoms with Gasteiger partial charge in [0.25, 0.3) is 0 Å². The van der Waals surface area contributed by atoms with Crippen LogP contribution in [0.15, 0.2) is 0 Å². The van der Waals surface area contributed by atoms with Gasteiger partial charge in [0.05, 0.1) is 18.8 Å². The lowest BCUT2D eigenvalue weighted by atomic mass is 10.2. The second kappa shape index (κ2) is 7.96. The molecule has 0 unspecified atom stereocenters. The number of hydrogen-bond donors (Lipinski definition) is 1. The quantitative estimate of drug-likeness (QED) is 0.825. The number of carbonyl (C=O) groups is 1. The zero-order chi connectivity index (χ0) is 14.4. The zero-order valence-corrected chi connectivity index (χ0v) is 12.9. The van der Waals surface area contributed by atoms with Crippen LogP contribution in [0.1, 0.15) is 32.6 Å². The van der Waals surface area contributed by atoms with Crippen LogP contribution in [0.4, 0.5) is 0 Å². The molecule has 2 saturated heterocycles. The second-order valence-corrected chi connectivity index (χ2v) is 6.12. The molecule has 0 aromatic rings. The first kappa shape index (κ1) is 15.7. The van der Waals surface area contributed by atoms with Gasteiger partial charge in [0, 0.05) is 32.7 Å². The summed E-state index contributed by atoms with van der Waals surface area (Å²) < 4.78 is 5.71. The fraction of sp³-hybridized carbons (Fsp3) is 0.933. The van der Waals surface area contributed by atoms with E-state index in [2.05, 4.69) is 17.3 Å². The monoisotopic (exact) mass is 283 g/mol. The van der Waals surface area contributed by atoms with Crippen molar-refractivity contribution in [1.29, 1.82) is 0 Å². The van der Waals surface area contributed by atoms with Crippen molar-refractivity contribution in [3.63, 3.8) is 0 Å². The molecule has 2 aliphatic heterocycles. The molecule has 0 spiro atoms. The van der Waals surface area contributed by atoms with Crippen LogP contribution in [0.2, 0.25) is 0 Å². The van der Waals surface area contributed by atoms with E-state index in [0.717, 1.165) is 52.2 Å². The van der Waals surface area contributed by atoms with Gasteiger partial charge in [-0.3, -0.25) is 4.79 Å². The Balaban J connectivity index is 1.72. The summed E-state index contributed by atoms with van der Waals surface area (Å²) in [7, 11) is 2.11. The van der Waals surface area contributed by atoms with Crippen LogP contribution in [0.3, 0.4) is 0 Å². The van der Waals surface area contributed by atoms with E-state index in [1.165, 1.54) is 12.8 Å². The van der Waals surface area contributed by atoms with Crippen LogP contribution in [0, 0.1) is 0 Å². The Kier molecular flexibility index (Phi) is 6.26. The molecule has 0 aromatic carbocycles. The molecular formula is C15H29N3O2. The van der Waals surface area contributed by atoms with Gasteiger partial charge in [-0.1, -0.05) is 12.8 Å². The molecule has 5 heteroatoms. The van der Waals surface area contributed by atoms with Crippen molar-refractivity contribution >= 4 is 5.91 Å². The smallest absolute Gasteiger partial charge is 0.239 e. The Morgan fingerprint density at radius 2 is 1.95 bits per heavy atom. The minimum absolute atomic E-state index is 0.107. The van der Waals surface area contributed by atoms with E-state index >= 15 is 0 Å². The van der Waals surface area contributed by atoms with Crippen LogP contribution in [0.5, 0.6) is 0 Å². The average Bonchev–Trinajstić information content (AvgIpc) is 2.73. The first-order valence-electron chi connectivity index (χ1n) is 7.99. The summed E-state index contributed by atoms with van der Waals surface area (Å²) in [5, 5.41) is 3.35. The van der Waals surface area contributed by atoms with E-state index in [0.29, 0.717) is 0 Å². The summed E-state index contributed by atoms with van der Waals surface area (Å²) in [5.41, 5.74) is 0. The van der Waals surface area contributed by atoms with Crippen LogP contribution >= 0.6 is 0 Å². The Labute approximate surface area is 122 Å². The Morgan fingerprint density at radius 1 is 1.25 bits per heavy atom. The molecule has 0 aromatic heterocycles. The molecule has 20 heavy (non-hydrogen) atoms. The van der Waals surface area contributed by atoms with Gasteiger partial charge < -0.3 is 19.9 Å². The Morgan fingerprint density at radius 3 is 2.60 bits per heavy atom. The largest absolute Gasteiger partial charge is 0.374 e. The zero-order valence-electron chi connectivity index (χ0n) is 12.9. The van der Waals surface area contributed by atoms with E-state index < -0.39 is 0 Å². The number of morpholine rings is 1. The van der Waals surface area contributed by atoms with Gasteiger partial charge in [-0.15, -0.1) is 0 Å². The number of likely N-dealkylation sites (tertiary alicyclic amines) is 1. The summed E-state index contributed by atoms with van der Waals surface area (Å²) >= 11 is 0. The molecule has 0 saturated carbocycles. The summed E-state index contributed by atoms with van der Waals surface area (Å²) in [4.78, 5) is 16.7. The predicted octanol–water partition coefficient (Wildman–Crippen LogP) is 0.698. The van der Waals surface area contributed by atoms with Gasteiger partial charge in [-0.2, -0.15) is 0 Å². The lowest BCUT2D eigenvalue weighted by molar-refractivity contribution is -0.133. The molecule has 0 aliphatic carbocycles. The SMILES string of the molecule is C[C@H](NC[C@@H]1CN(C)CCO1)C(=O)N1CCCCCC1. The van der Waals surface area contributed by atoms with Gasteiger partial charge in [-0.25, -0.2) is 0 Å². The molecular weight excluding hydrogens is 254 g/mol. The maximum absolute atomic E-state index is 12.4. The topological polar surface area (TPSA) is 44.8 Å². The van der Waals surface area contributed by atoms with Crippen molar-refractivity contribution in [2.45, 2.75) is 44.8 Å². The molecule has 5 nitrogen and oxygen atoms in total. The van der Waals surface area contributed by atoms with E-state index in [4.69, 9.17) is 4.74 Å². The van der Waals surface area contributed by atoms with Crippen LogP contribution in [-0.4, -0.2) is 74.2 Å². The van der Waals surface area contributed by atoms with Gasteiger partial charge >= 0.3 is 0 Å². The predicted molar refractivity (Wildman–Crippen MR) is 79.7 cm³/mol. The lowest BCUT2D eigenvalue weighted by Crippen LogP contribution is -2.50. The third-order valence-corrected chi connectivity index (χ3v) is 4.28. The van der Waals surface area contributed by atoms with Gasteiger partial charge in [0.2, 0.25) is 5.91 Å². The fourth-order valence-corrected chi connectivity index (χ4v) is 2.95. The Hall–Kier alpha value is -0.650. The average molecular weight is 283 g/mol. The van der Waals surface area contributed by atoms with Crippen LogP contribution in [-0.2, 0) is 9.53 Å². The molecule has 2 fully saturated rings. The highest BCUT2D eigenvalue weighted by molar-refractivity contribution is 5.81. The minimum atomic E-state index is -0.107. The maximum Gasteiger partial charge on any atom is 0.239 e. The molecule has 2 heterocycles. The minimum Gasteiger partial charge on any atom is -0.374 e. The highest BCUT2D eigenvalue weighted by atomic mass is 16.5. The number of nitrogens with zero attached hydrogens (tertiary/aromatic N) is 2. The molecule has 116 valence electrons. The molecule has 2 aliphatic rings. The number of nitrogens with one attached hydrogen (secondary N) is 1. The van der Waals surface area contributed by atoms with Crippen molar-refractivity contribution in [2.24, 2.45) is 0 Å². The summed E-state index contributed by atoms with van der Waals surface area (Å²) in [5.74, 6) is 0.246. The van der Waals surface area contributed by atoms with E-state index in [9.17, 15) is 4.79 Å². The second-order valence-electron chi connectivity index (χ2n) is 6.12. The maximum atomic E-state index is 12.4. The summed E-state index contributed by atoms with van der Waals surface area (Å²) in [6.07, 6.45) is 5.01. The summed E-state index contributed by atoms with van der Waals surface area (Å²) in [6.45, 7) is 7.31. The van der Waals surface area contributed by atoms with Crippen molar-refractivity contribution in [3.05, 3.63) is 0 Å². The van der Waals surface area contributed by atoms with E-state index in [1.807, 2.05) is 11.8 Å². The number of likely N-dealkylation sites (N-methyl/N-ethyl adjacent to an activating group) is 1. The highest BCUT2D eigenvalue weighted by Crippen LogP contribution is 2.11. The molecule has 1 N–H and O–H groups in total. The standard InChI is InChI=1S/C15H29N3O2/c1-13(15(19)18-7-5-3-4-6-8-18)16-11-14-12-17(2)9-10-20-14/h13-14,16H,3-12H2,1-2H3/t13-,14+/m0/s1. The first-order valence-corrected chi connectivity index (χ1v) is 7.99. The molecule has 2 rings (SSSR count). The molecule has 1 amide bonds. The van der Waals surface area contributed by atoms with Crippen molar-refractivity contribution in [3.8, 4) is 0 Å². The van der Waals surface area contributed by atoms with Crippen molar-refractivity contribution in [2.75, 3.05) is 46.4 Å². The normalized spacial score (nSPS) is 27.1. The summed E-state index contributed by atoms with van der Waals surface area (Å²) in [6, 6.07) is -0.107. The third-order valence-electron chi connectivity index (χ3n) is 4.28. The lowest BCUT2D eigenvalue weighted by Gasteiger charge is -2.31. The van der Waals surface area contributed by atoms with E-state index in [-0.39, 0.29) is 18.1 Å². The van der Waals surface area contributed by atoms with Crippen LogP contribution < -0.4 is 5.32 Å².